The molecule has 0 spiro atoms. The van der Waals surface area contributed by atoms with Crippen molar-refractivity contribution < 1.29 is 9.59 Å². The molecular formula is C7H11NO2S. The number of nitrogens with zero attached hydrogens (tertiary/aromatic N) is 1. The Kier molecular flexibility index (Phi) is 2.93. The highest BCUT2D eigenvalue weighted by molar-refractivity contribution is 8.14. The zero-order chi connectivity index (χ0) is 8.27. The van der Waals surface area contributed by atoms with Crippen molar-refractivity contribution in [2.45, 2.75) is 18.6 Å². The number of carbonyl (C=O) groups is 2. The zero-order valence-electron chi connectivity index (χ0n) is 6.45. The lowest BCUT2D eigenvalue weighted by atomic mass is 10.4. The van der Waals surface area contributed by atoms with Gasteiger partial charge in [0.2, 0.25) is 6.41 Å². The van der Waals surface area contributed by atoms with Crippen molar-refractivity contribution in [3.63, 3.8) is 0 Å². The van der Waals surface area contributed by atoms with Gasteiger partial charge in [-0.3, -0.25) is 9.59 Å². The van der Waals surface area contributed by atoms with Crippen LogP contribution in [0.25, 0.3) is 0 Å². The Morgan fingerprint density at radius 2 is 2.45 bits per heavy atom. The number of thioether (sulfide) groups is 1. The average Bonchev–Trinajstić information content (AvgIpc) is 2.34. The first-order chi connectivity index (χ1) is 5.22. The molecule has 0 aliphatic carbocycles. The van der Waals surface area contributed by atoms with E-state index in [-0.39, 0.29) is 5.12 Å². The average molecular weight is 173 g/mol. The van der Waals surface area contributed by atoms with E-state index in [1.54, 1.807) is 11.8 Å². The Balaban J connectivity index is 2.29. The second-order valence-electron chi connectivity index (χ2n) is 2.62. The molecule has 0 saturated carbocycles. The van der Waals surface area contributed by atoms with Gasteiger partial charge in [-0.25, -0.2) is 0 Å². The molecule has 1 saturated heterocycles. The molecule has 1 aliphatic rings. The van der Waals surface area contributed by atoms with Gasteiger partial charge in [0.25, 0.3) is 0 Å². The van der Waals surface area contributed by atoms with Gasteiger partial charge in [-0.05, 0) is 6.42 Å². The van der Waals surface area contributed by atoms with Crippen LogP contribution in [0.3, 0.4) is 0 Å². The van der Waals surface area contributed by atoms with Crippen LogP contribution in [0.4, 0.5) is 0 Å². The van der Waals surface area contributed by atoms with E-state index in [0.717, 1.165) is 25.9 Å². The molecule has 1 aliphatic heterocycles. The largest absolute Gasteiger partial charge is 0.344 e. The first-order valence-electron chi connectivity index (χ1n) is 3.59. The Labute approximate surface area is 70.1 Å². The molecule has 1 atom stereocenters. The monoisotopic (exact) mass is 173 g/mol. The van der Waals surface area contributed by atoms with Crippen molar-refractivity contribution in [2.75, 3.05) is 13.1 Å². The second kappa shape index (κ2) is 3.76. The summed E-state index contributed by atoms with van der Waals surface area (Å²) in [7, 11) is 0. The van der Waals surface area contributed by atoms with Gasteiger partial charge in [0.05, 0.1) is 0 Å². The minimum Gasteiger partial charge on any atom is -0.344 e. The fraction of sp³-hybridized carbons (Fsp3) is 0.714. The molecule has 1 fully saturated rings. The van der Waals surface area contributed by atoms with Crippen LogP contribution >= 0.6 is 11.8 Å². The van der Waals surface area contributed by atoms with Crippen molar-refractivity contribution in [1.82, 2.24) is 4.90 Å². The van der Waals surface area contributed by atoms with E-state index in [1.807, 2.05) is 0 Å². The van der Waals surface area contributed by atoms with Crippen molar-refractivity contribution in [3.8, 4) is 0 Å². The summed E-state index contributed by atoms with van der Waals surface area (Å²) < 4.78 is 0. The van der Waals surface area contributed by atoms with Crippen molar-refractivity contribution in [2.24, 2.45) is 0 Å². The molecule has 0 aromatic heterocycles. The molecule has 0 aromatic carbocycles. The maximum Gasteiger partial charge on any atom is 0.209 e. The van der Waals surface area contributed by atoms with Gasteiger partial charge >= 0.3 is 0 Å². The lowest BCUT2D eigenvalue weighted by Gasteiger charge is -2.07. The highest BCUT2D eigenvalue weighted by Gasteiger charge is 2.22. The first-order valence-corrected chi connectivity index (χ1v) is 4.47. The smallest absolute Gasteiger partial charge is 0.209 e. The third-order valence-corrected chi connectivity index (χ3v) is 2.71. The fourth-order valence-electron chi connectivity index (χ4n) is 1.18. The highest BCUT2D eigenvalue weighted by atomic mass is 32.2. The third kappa shape index (κ3) is 2.54. The first kappa shape index (κ1) is 8.59. The van der Waals surface area contributed by atoms with E-state index in [9.17, 15) is 9.59 Å². The highest BCUT2D eigenvalue weighted by Crippen LogP contribution is 2.21. The molecule has 0 bridgehead atoms. The predicted octanol–water partition coefficient (Wildman–Crippen LogP) is 0.497. The summed E-state index contributed by atoms with van der Waals surface area (Å²) in [5.74, 6) is 0. The Morgan fingerprint density at radius 1 is 1.73 bits per heavy atom. The normalized spacial score (nSPS) is 23.7. The Morgan fingerprint density at radius 3 is 2.91 bits per heavy atom. The summed E-state index contributed by atoms with van der Waals surface area (Å²) in [4.78, 5) is 22.6. The zero-order valence-corrected chi connectivity index (χ0v) is 7.26. The number of likely N-dealkylation sites (tertiary alicyclic amines) is 1. The molecule has 11 heavy (non-hydrogen) atoms. The summed E-state index contributed by atoms with van der Waals surface area (Å²) in [6.45, 7) is 3.09. The maximum absolute atomic E-state index is 10.7. The van der Waals surface area contributed by atoms with Crippen LogP contribution in [0.5, 0.6) is 0 Å². The second-order valence-corrected chi connectivity index (χ2v) is 4.10. The lowest BCUT2D eigenvalue weighted by molar-refractivity contribution is -0.117. The summed E-state index contributed by atoms with van der Waals surface area (Å²) >= 11 is 1.34. The Hall–Kier alpha value is -0.510. The number of amides is 1. The molecule has 0 aromatic rings. The quantitative estimate of drug-likeness (QED) is 0.570. The molecule has 1 rings (SSSR count). The van der Waals surface area contributed by atoms with Gasteiger partial charge in [-0.2, -0.15) is 0 Å². The minimum atomic E-state index is 0.141. The van der Waals surface area contributed by atoms with Crippen molar-refractivity contribution >= 4 is 23.3 Å². The van der Waals surface area contributed by atoms with E-state index >= 15 is 0 Å². The molecule has 0 unspecified atom stereocenters. The summed E-state index contributed by atoms with van der Waals surface area (Å²) in [5, 5.41) is 0.473. The molecule has 0 radical (unpaired) electrons. The molecule has 62 valence electrons. The van der Waals surface area contributed by atoms with Gasteiger partial charge in [-0.1, -0.05) is 11.8 Å². The minimum absolute atomic E-state index is 0.141. The van der Waals surface area contributed by atoms with Gasteiger partial charge in [-0.15, -0.1) is 0 Å². The molecule has 1 amide bonds. The van der Waals surface area contributed by atoms with E-state index in [0.29, 0.717) is 5.25 Å². The van der Waals surface area contributed by atoms with Gasteiger partial charge in [0.15, 0.2) is 5.12 Å². The standard InChI is InChI=1S/C7H11NO2S/c1-6(10)11-7-2-3-8(4-7)5-9/h5,7H,2-4H2,1H3/t7-/m0/s1. The molecule has 1 heterocycles. The van der Waals surface area contributed by atoms with E-state index in [4.69, 9.17) is 0 Å². The molecular weight excluding hydrogens is 162 g/mol. The van der Waals surface area contributed by atoms with Crippen LogP contribution in [-0.2, 0) is 9.59 Å². The summed E-state index contributed by atoms with van der Waals surface area (Å²) in [5.41, 5.74) is 0. The van der Waals surface area contributed by atoms with Crippen molar-refractivity contribution in [1.29, 1.82) is 0 Å². The number of rotatable bonds is 2. The molecule has 3 nitrogen and oxygen atoms in total. The summed E-state index contributed by atoms with van der Waals surface area (Å²) in [6, 6.07) is 0. The van der Waals surface area contributed by atoms with Gasteiger partial charge in [0.1, 0.15) is 0 Å². The SMILES string of the molecule is CC(=O)S[C@H]1CCN(C=O)C1. The topological polar surface area (TPSA) is 37.4 Å². The Bertz CT molecular complexity index is 172. The predicted molar refractivity (Wildman–Crippen MR) is 44.3 cm³/mol. The van der Waals surface area contributed by atoms with Crippen molar-refractivity contribution in [3.05, 3.63) is 0 Å². The maximum atomic E-state index is 10.7. The van der Waals surface area contributed by atoms with E-state index in [2.05, 4.69) is 0 Å². The van der Waals surface area contributed by atoms with E-state index < -0.39 is 0 Å². The summed E-state index contributed by atoms with van der Waals surface area (Å²) in [6.07, 6.45) is 1.80. The van der Waals surface area contributed by atoms with Gasteiger partial charge in [0, 0.05) is 25.3 Å². The number of hydrogen-bond donors (Lipinski definition) is 0. The fourth-order valence-corrected chi connectivity index (χ4v) is 2.14. The third-order valence-electron chi connectivity index (χ3n) is 1.66. The lowest BCUT2D eigenvalue weighted by Crippen LogP contribution is -2.19. The van der Waals surface area contributed by atoms with E-state index in [1.165, 1.54) is 11.8 Å². The molecule has 0 N–H and O–H groups in total. The van der Waals surface area contributed by atoms with Gasteiger partial charge < -0.3 is 4.90 Å². The number of hydrogen-bond acceptors (Lipinski definition) is 3. The van der Waals surface area contributed by atoms with Crippen LogP contribution in [-0.4, -0.2) is 34.8 Å². The molecule has 4 heteroatoms. The number of carbonyl (C=O) groups excluding carboxylic acids is 2. The van der Waals surface area contributed by atoms with Crippen LogP contribution < -0.4 is 0 Å². The van der Waals surface area contributed by atoms with Crippen LogP contribution in [0, 0.1) is 0 Å². The van der Waals surface area contributed by atoms with Crippen LogP contribution in [0.15, 0.2) is 0 Å². The van der Waals surface area contributed by atoms with Crippen LogP contribution in [0.1, 0.15) is 13.3 Å². The van der Waals surface area contributed by atoms with Crippen LogP contribution in [0.2, 0.25) is 0 Å².